The van der Waals surface area contributed by atoms with E-state index < -0.39 is 91.0 Å². The number of carboxylic acids is 2. The average molecular weight is 446 g/mol. The normalized spacial score (nSPS) is 14.1. The van der Waals surface area contributed by atoms with E-state index in [1.807, 2.05) is 0 Å². The van der Waals surface area contributed by atoms with Crippen LogP contribution in [0, 0.1) is 35.0 Å². The van der Waals surface area contributed by atoms with Gasteiger partial charge in [-0.1, -0.05) is 6.92 Å². The predicted molar refractivity (Wildman–Crippen MR) is 86.8 cm³/mol. The van der Waals surface area contributed by atoms with Crippen LogP contribution in [-0.2, 0) is 29.6 Å². The molecule has 0 fully saturated rings. The molecule has 2 atom stereocenters. The molecule has 0 bridgehead atoms. The first-order valence-electron chi connectivity index (χ1n) is 8.08. The van der Waals surface area contributed by atoms with E-state index in [0.717, 1.165) is 0 Å². The zero-order valence-electron chi connectivity index (χ0n) is 14.9. The van der Waals surface area contributed by atoms with Crippen molar-refractivity contribution in [1.82, 2.24) is 0 Å². The number of carbonyl (C=O) groups is 3. The highest BCUT2D eigenvalue weighted by molar-refractivity contribution is 7.58. The number of hydrogen-bond acceptors (Lipinski definition) is 5. The summed E-state index contributed by atoms with van der Waals surface area (Å²) < 4.78 is 85.4. The number of carboxylic acid groups (broad SMARTS) is 2. The van der Waals surface area contributed by atoms with Gasteiger partial charge in [-0.15, -0.1) is 0 Å². The van der Waals surface area contributed by atoms with Gasteiger partial charge in [-0.3, -0.25) is 18.9 Å². The molecular formula is C16H16F5O7P. The van der Waals surface area contributed by atoms with Gasteiger partial charge in [-0.25, -0.2) is 22.0 Å². The molecule has 0 saturated heterocycles. The fourth-order valence-electron chi connectivity index (χ4n) is 2.34. The summed E-state index contributed by atoms with van der Waals surface area (Å²) in [5.41, 5.74) is -1.53. The fraction of sp³-hybridized carbons (Fsp3) is 0.438. The van der Waals surface area contributed by atoms with Gasteiger partial charge in [0.1, 0.15) is 0 Å². The van der Waals surface area contributed by atoms with Gasteiger partial charge >= 0.3 is 17.9 Å². The van der Waals surface area contributed by atoms with Crippen LogP contribution < -0.4 is 0 Å². The van der Waals surface area contributed by atoms with E-state index in [1.54, 1.807) is 0 Å². The second-order valence-electron chi connectivity index (χ2n) is 5.99. The smallest absolute Gasteiger partial charge is 0.310 e. The Morgan fingerprint density at radius 2 is 1.45 bits per heavy atom. The molecule has 1 rings (SSSR count). The maximum atomic E-state index is 13.9. The zero-order valence-corrected chi connectivity index (χ0v) is 15.8. The summed E-state index contributed by atoms with van der Waals surface area (Å²) >= 11 is 0. The molecule has 2 unspecified atom stereocenters. The molecule has 0 radical (unpaired) electrons. The quantitative estimate of drug-likeness (QED) is 0.244. The van der Waals surface area contributed by atoms with Crippen LogP contribution in [0.2, 0.25) is 0 Å². The van der Waals surface area contributed by atoms with Gasteiger partial charge < -0.3 is 14.7 Å². The van der Waals surface area contributed by atoms with Crippen molar-refractivity contribution >= 4 is 25.3 Å². The minimum atomic E-state index is -4.65. The van der Waals surface area contributed by atoms with Gasteiger partial charge in [0.2, 0.25) is 5.82 Å². The average Bonchev–Trinajstić information content (AvgIpc) is 2.65. The zero-order chi connectivity index (χ0) is 22.5. The Morgan fingerprint density at radius 3 is 1.86 bits per heavy atom. The van der Waals surface area contributed by atoms with E-state index >= 15 is 0 Å². The Hall–Kier alpha value is -2.49. The number of benzene rings is 1. The summed E-state index contributed by atoms with van der Waals surface area (Å²) in [5, 5.41) is 17.8. The minimum Gasteiger partial charge on any atom is -0.481 e. The molecule has 0 aliphatic heterocycles. The van der Waals surface area contributed by atoms with E-state index in [1.165, 1.54) is 6.92 Å². The molecule has 0 spiro atoms. The lowest BCUT2D eigenvalue weighted by Gasteiger charge is -2.22. The van der Waals surface area contributed by atoms with Crippen molar-refractivity contribution in [1.29, 1.82) is 0 Å². The number of carbonyl (C=O) groups excluding carboxylic acids is 1. The first kappa shape index (κ1) is 24.5. The summed E-state index contributed by atoms with van der Waals surface area (Å²) in [6.45, 7) is 1.25. The summed E-state index contributed by atoms with van der Waals surface area (Å²) in [6.07, 6.45) is -4.15. The Bertz CT molecular complexity index is 845. The fourth-order valence-corrected chi connectivity index (χ4v) is 4.88. The third-order valence-corrected chi connectivity index (χ3v) is 6.14. The maximum absolute atomic E-state index is 13.9. The first-order valence-corrected chi connectivity index (χ1v) is 10.1. The molecule has 0 aliphatic rings. The Kier molecular flexibility index (Phi) is 8.31. The van der Waals surface area contributed by atoms with Gasteiger partial charge in [-0.2, -0.15) is 0 Å². The van der Waals surface area contributed by atoms with E-state index in [9.17, 15) is 40.9 Å². The number of hydrogen-bond donors (Lipinski definition) is 2. The molecule has 1 aromatic carbocycles. The Morgan fingerprint density at radius 1 is 0.966 bits per heavy atom. The molecule has 0 heterocycles. The molecule has 0 aliphatic carbocycles. The lowest BCUT2D eigenvalue weighted by atomic mass is 10.1. The molecular weight excluding hydrogens is 430 g/mol. The van der Waals surface area contributed by atoms with Crippen LogP contribution in [0.4, 0.5) is 22.0 Å². The Labute approximate surface area is 160 Å². The lowest BCUT2D eigenvalue weighted by molar-refractivity contribution is -0.142. The summed E-state index contributed by atoms with van der Waals surface area (Å²) in [7, 11) is -4.65. The third-order valence-electron chi connectivity index (χ3n) is 3.81. The van der Waals surface area contributed by atoms with Crippen LogP contribution in [-0.4, -0.2) is 34.3 Å². The molecule has 0 aromatic heterocycles. The molecule has 2 N–H and O–H groups in total. The molecule has 7 nitrogen and oxygen atoms in total. The van der Waals surface area contributed by atoms with E-state index in [4.69, 9.17) is 10.2 Å². The van der Waals surface area contributed by atoms with E-state index in [2.05, 4.69) is 4.52 Å². The van der Waals surface area contributed by atoms with Crippen molar-refractivity contribution in [2.45, 2.75) is 32.3 Å². The summed E-state index contributed by atoms with van der Waals surface area (Å²) in [4.78, 5) is 33.5. The van der Waals surface area contributed by atoms with Crippen molar-refractivity contribution in [2.75, 3.05) is 6.16 Å². The number of halogens is 5. The number of aliphatic carboxylic acids is 2. The molecule has 29 heavy (non-hydrogen) atoms. The molecule has 162 valence electrons. The van der Waals surface area contributed by atoms with Crippen molar-refractivity contribution in [3.63, 3.8) is 0 Å². The van der Waals surface area contributed by atoms with Gasteiger partial charge in [0.05, 0.1) is 12.1 Å². The van der Waals surface area contributed by atoms with Crippen molar-refractivity contribution < 1.29 is 55.6 Å². The van der Waals surface area contributed by atoms with Crippen molar-refractivity contribution in [2.24, 2.45) is 5.92 Å². The highest BCUT2D eigenvalue weighted by atomic mass is 31.2. The van der Waals surface area contributed by atoms with Crippen molar-refractivity contribution in [3.8, 4) is 0 Å². The number of rotatable bonds is 10. The monoisotopic (exact) mass is 446 g/mol. The van der Waals surface area contributed by atoms with Gasteiger partial charge in [-0.05, 0) is 6.42 Å². The minimum absolute atomic E-state index is 0.381. The highest BCUT2D eigenvalue weighted by Crippen LogP contribution is 2.53. The largest absolute Gasteiger partial charge is 0.481 e. The second kappa shape index (κ2) is 9.82. The van der Waals surface area contributed by atoms with Crippen LogP contribution in [0.25, 0.3) is 0 Å². The SMILES string of the molecule is CCC(=O)OP(=O)(Cc1c(F)c(F)c(F)c(F)c1F)CC(CCC(=O)O)C(=O)O. The standard InChI is InChI=1S/C16H16F5O7P/c1-2-10(24)28-29(27,5-7(16(25)26)3-4-9(22)23)6-8-11(17)13(19)15(21)14(20)12(8)18/h7H,2-6H2,1H3,(H,22,23)(H,25,26). The first-order chi connectivity index (χ1) is 13.3. The van der Waals surface area contributed by atoms with Gasteiger partial charge in [0.25, 0.3) is 7.37 Å². The third kappa shape index (κ3) is 6.25. The van der Waals surface area contributed by atoms with Gasteiger partial charge in [0, 0.05) is 24.6 Å². The molecule has 0 saturated carbocycles. The van der Waals surface area contributed by atoms with Crippen LogP contribution in [0.3, 0.4) is 0 Å². The lowest BCUT2D eigenvalue weighted by Crippen LogP contribution is -2.22. The van der Waals surface area contributed by atoms with E-state index in [0.29, 0.717) is 0 Å². The van der Waals surface area contributed by atoms with Gasteiger partial charge in [0.15, 0.2) is 23.3 Å². The van der Waals surface area contributed by atoms with Crippen LogP contribution in [0.15, 0.2) is 0 Å². The van der Waals surface area contributed by atoms with E-state index in [-0.39, 0.29) is 6.42 Å². The molecule has 0 amide bonds. The van der Waals surface area contributed by atoms with Crippen molar-refractivity contribution in [3.05, 3.63) is 34.6 Å². The summed E-state index contributed by atoms with van der Waals surface area (Å²) in [5.74, 6) is -17.6. The van der Waals surface area contributed by atoms with Crippen LogP contribution in [0.5, 0.6) is 0 Å². The maximum Gasteiger partial charge on any atom is 0.310 e. The second-order valence-corrected chi connectivity index (χ2v) is 8.48. The highest BCUT2D eigenvalue weighted by Gasteiger charge is 2.38. The summed E-state index contributed by atoms with van der Waals surface area (Å²) in [6, 6.07) is 0. The Balaban J connectivity index is 3.38. The topological polar surface area (TPSA) is 118 Å². The predicted octanol–water partition coefficient (Wildman–Crippen LogP) is 3.68. The van der Waals surface area contributed by atoms with Crippen LogP contribution >= 0.6 is 7.37 Å². The molecule has 1 aromatic rings. The van der Waals surface area contributed by atoms with Crippen LogP contribution in [0.1, 0.15) is 31.7 Å². The molecule has 13 heteroatoms.